The second kappa shape index (κ2) is 7.20. The van der Waals surface area contributed by atoms with E-state index in [1.54, 1.807) is 0 Å². The van der Waals surface area contributed by atoms with Gasteiger partial charge in [0, 0.05) is 19.5 Å². The number of carbonyl (C=O) groups is 1. The zero-order chi connectivity index (χ0) is 12.7. The summed E-state index contributed by atoms with van der Waals surface area (Å²) in [6.45, 7) is 4.94. The van der Waals surface area contributed by atoms with Crippen molar-refractivity contribution in [1.29, 1.82) is 0 Å². The first-order chi connectivity index (χ1) is 8.09. The van der Waals surface area contributed by atoms with Crippen LogP contribution in [0.1, 0.15) is 25.8 Å². The van der Waals surface area contributed by atoms with Gasteiger partial charge in [-0.25, -0.2) is 0 Å². The highest BCUT2D eigenvalue weighted by atomic mass is 16.3. The number of benzene rings is 1. The number of rotatable bonds is 7. The normalized spacial score (nSPS) is 12.7. The Morgan fingerprint density at radius 2 is 1.94 bits per heavy atom. The van der Waals surface area contributed by atoms with Crippen LogP contribution in [-0.4, -0.2) is 23.5 Å². The lowest BCUT2D eigenvalue weighted by Gasteiger charge is -2.12. The Balaban J connectivity index is 2.24. The van der Waals surface area contributed by atoms with Crippen LogP contribution in [0.15, 0.2) is 30.3 Å². The van der Waals surface area contributed by atoms with Gasteiger partial charge in [0.05, 0.1) is 0 Å². The van der Waals surface area contributed by atoms with E-state index in [1.165, 1.54) is 0 Å². The molecule has 3 nitrogen and oxygen atoms in total. The summed E-state index contributed by atoms with van der Waals surface area (Å²) >= 11 is 0. The molecule has 0 aromatic heterocycles. The van der Waals surface area contributed by atoms with Gasteiger partial charge < -0.3 is 10.4 Å². The molecule has 0 heterocycles. The summed E-state index contributed by atoms with van der Waals surface area (Å²) in [5.41, 5.74) is 1.15. The van der Waals surface area contributed by atoms with E-state index >= 15 is 0 Å². The van der Waals surface area contributed by atoms with Gasteiger partial charge in [-0.3, -0.25) is 4.79 Å². The van der Waals surface area contributed by atoms with E-state index < -0.39 is 6.10 Å². The molecule has 1 rings (SSSR count). The maximum atomic E-state index is 11.5. The number of nitrogens with one attached hydrogen (secondary N) is 1. The van der Waals surface area contributed by atoms with E-state index in [-0.39, 0.29) is 5.78 Å². The Kier molecular flexibility index (Phi) is 5.87. The zero-order valence-electron chi connectivity index (χ0n) is 10.5. The van der Waals surface area contributed by atoms with Crippen molar-refractivity contribution in [2.45, 2.75) is 32.9 Å². The molecular weight excluding hydrogens is 214 g/mol. The van der Waals surface area contributed by atoms with Gasteiger partial charge in [0.2, 0.25) is 0 Å². The van der Waals surface area contributed by atoms with Crippen LogP contribution in [0.2, 0.25) is 0 Å². The molecule has 0 spiro atoms. The Morgan fingerprint density at radius 1 is 1.29 bits per heavy atom. The van der Waals surface area contributed by atoms with E-state index in [9.17, 15) is 9.90 Å². The third kappa shape index (κ3) is 5.61. The molecule has 2 N–H and O–H groups in total. The highest BCUT2D eigenvalue weighted by molar-refractivity contribution is 5.83. The number of carbonyl (C=O) groups excluding carboxylic acids is 1. The zero-order valence-corrected chi connectivity index (χ0v) is 10.5. The summed E-state index contributed by atoms with van der Waals surface area (Å²) < 4.78 is 0. The summed E-state index contributed by atoms with van der Waals surface area (Å²) in [7, 11) is 0. The van der Waals surface area contributed by atoms with Crippen molar-refractivity contribution in [1.82, 2.24) is 5.32 Å². The average molecular weight is 235 g/mol. The second-order valence-electron chi connectivity index (χ2n) is 4.70. The molecule has 0 amide bonds. The molecular formula is C14H21NO2. The number of hydrogen-bond acceptors (Lipinski definition) is 3. The molecule has 0 fully saturated rings. The standard InChI is InChI=1S/C14H21NO2/c1-11(2)8-13(16)14(17)10-15-9-12-6-4-3-5-7-12/h3-7,11,14-15,17H,8-10H2,1-2H3. The summed E-state index contributed by atoms with van der Waals surface area (Å²) in [4.78, 5) is 11.5. The largest absolute Gasteiger partial charge is 0.384 e. The van der Waals surface area contributed by atoms with Crippen LogP contribution in [0.4, 0.5) is 0 Å². The minimum Gasteiger partial charge on any atom is -0.384 e. The summed E-state index contributed by atoms with van der Waals surface area (Å²) in [6.07, 6.45) is -0.449. The van der Waals surface area contributed by atoms with Crippen LogP contribution in [0, 0.1) is 5.92 Å². The monoisotopic (exact) mass is 235 g/mol. The maximum absolute atomic E-state index is 11.5. The van der Waals surface area contributed by atoms with Gasteiger partial charge in [0.15, 0.2) is 5.78 Å². The quantitative estimate of drug-likeness (QED) is 0.757. The fourth-order valence-electron chi connectivity index (χ4n) is 1.60. The Bertz CT molecular complexity index is 335. The van der Waals surface area contributed by atoms with Crippen LogP contribution in [0.3, 0.4) is 0 Å². The van der Waals surface area contributed by atoms with E-state index in [1.807, 2.05) is 44.2 Å². The summed E-state index contributed by atoms with van der Waals surface area (Å²) in [5.74, 6) is 0.215. The van der Waals surface area contributed by atoms with Crippen LogP contribution in [0.5, 0.6) is 0 Å². The second-order valence-corrected chi connectivity index (χ2v) is 4.70. The molecule has 1 unspecified atom stereocenters. The van der Waals surface area contributed by atoms with Crippen molar-refractivity contribution in [3.8, 4) is 0 Å². The molecule has 3 heteroatoms. The van der Waals surface area contributed by atoms with Gasteiger partial charge >= 0.3 is 0 Å². The van der Waals surface area contributed by atoms with Crippen LogP contribution < -0.4 is 5.32 Å². The number of ketones is 1. The molecule has 0 aliphatic heterocycles. The Hall–Kier alpha value is -1.19. The molecule has 1 aromatic carbocycles. The van der Waals surface area contributed by atoms with E-state index in [2.05, 4.69) is 5.32 Å². The topological polar surface area (TPSA) is 49.3 Å². The van der Waals surface area contributed by atoms with Gasteiger partial charge in [-0.2, -0.15) is 0 Å². The molecule has 1 atom stereocenters. The molecule has 94 valence electrons. The fraction of sp³-hybridized carbons (Fsp3) is 0.500. The minimum atomic E-state index is -0.888. The maximum Gasteiger partial charge on any atom is 0.162 e. The van der Waals surface area contributed by atoms with E-state index in [4.69, 9.17) is 0 Å². The SMILES string of the molecule is CC(C)CC(=O)C(O)CNCc1ccccc1. The number of Topliss-reactive ketones (excluding diaryl/α,β-unsaturated/α-hetero) is 1. The average Bonchev–Trinajstić information content (AvgIpc) is 2.29. The first-order valence-corrected chi connectivity index (χ1v) is 6.05. The molecule has 17 heavy (non-hydrogen) atoms. The van der Waals surface area contributed by atoms with E-state index in [0.717, 1.165) is 5.56 Å². The van der Waals surface area contributed by atoms with Crippen molar-refractivity contribution < 1.29 is 9.90 Å². The Labute approximate surface area is 103 Å². The Morgan fingerprint density at radius 3 is 2.53 bits per heavy atom. The lowest BCUT2D eigenvalue weighted by Crippen LogP contribution is -2.33. The molecule has 1 aromatic rings. The highest BCUT2D eigenvalue weighted by Crippen LogP contribution is 2.03. The smallest absolute Gasteiger partial charge is 0.162 e. The van der Waals surface area contributed by atoms with Crippen molar-refractivity contribution in [3.05, 3.63) is 35.9 Å². The molecule has 0 radical (unpaired) electrons. The fourth-order valence-corrected chi connectivity index (χ4v) is 1.60. The number of aliphatic hydroxyl groups is 1. The first kappa shape index (κ1) is 13.9. The summed E-state index contributed by atoms with van der Waals surface area (Å²) in [6, 6.07) is 9.92. The highest BCUT2D eigenvalue weighted by Gasteiger charge is 2.15. The van der Waals surface area contributed by atoms with Crippen LogP contribution in [-0.2, 0) is 11.3 Å². The number of aliphatic hydroxyl groups excluding tert-OH is 1. The molecule has 0 aliphatic rings. The molecule has 0 bridgehead atoms. The third-order valence-electron chi connectivity index (χ3n) is 2.49. The van der Waals surface area contributed by atoms with Crippen LogP contribution in [0.25, 0.3) is 0 Å². The van der Waals surface area contributed by atoms with Crippen molar-refractivity contribution in [2.24, 2.45) is 5.92 Å². The van der Waals surface area contributed by atoms with Gasteiger partial charge in [-0.15, -0.1) is 0 Å². The minimum absolute atomic E-state index is 0.0828. The van der Waals surface area contributed by atoms with Gasteiger partial charge in [0.1, 0.15) is 6.10 Å². The number of hydrogen-bond donors (Lipinski definition) is 2. The van der Waals surface area contributed by atoms with Crippen molar-refractivity contribution in [2.75, 3.05) is 6.54 Å². The molecule has 0 saturated carbocycles. The van der Waals surface area contributed by atoms with Crippen LogP contribution >= 0.6 is 0 Å². The van der Waals surface area contributed by atoms with Crippen molar-refractivity contribution in [3.63, 3.8) is 0 Å². The van der Waals surface area contributed by atoms with Gasteiger partial charge in [-0.1, -0.05) is 44.2 Å². The molecule has 0 aliphatic carbocycles. The third-order valence-corrected chi connectivity index (χ3v) is 2.49. The predicted octanol–water partition coefficient (Wildman–Crippen LogP) is 1.75. The van der Waals surface area contributed by atoms with Gasteiger partial charge in [-0.05, 0) is 11.5 Å². The first-order valence-electron chi connectivity index (χ1n) is 6.05. The molecule has 0 saturated heterocycles. The van der Waals surface area contributed by atoms with E-state index in [0.29, 0.717) is 25.4 Å². The lowest BCUT2D eigenvalue weighted by atomic mass is 10.0. The van der Waals surface area contributed by atoms with Gasteiger partial charge in [0.25, 0.3) is 0 Å². The van der Waals surface area contributed by atoms with Crippen molar-refractivity contribution >= 4 is 5.78 Å². The summed E-state index contributed by atoms with van der Waals surface area (Å²) in [5, 5.41) is 12.7. The predicted molar refractivity (Wildman–Crippen MR) is 68.6 cm³/mol. The lowest BCUT2D eigenvalue weighted by molar-refractivity contribution is -0.127.